The van der Waals surface area contributed by atoms with E-state index in [9.17, 15) is 0 Å². The lowest BCUT2D eigenvalue weighted by atomic mass is 9.90. The van der Waals surface area contributed by atoms with Crippen molar-refractivity contribution in [3.63, 3.8) is 0 Å². The number of hydrogen-bond acceptors (Lipinski definition) is 2. The Kier molecular flexibility index (Phi) is 5.17. The normalized spacial score (nSPS) is 17.7. The van der Waals surface area contributed by atoms with E-state index in [1.54, 1.807) is 0 Å². The fourth-order valence-corrected chi connectivity index (χ4v) is 8.72. The number of benzene rings is 5. The number of hydrogen-bond donors (Lipinski definition) is 0. The molecule has 0 fully saturated rings. The molecule has 2 aliphatic rings. The van der Waals surface area contributed by atoms with E-state index in [2.05, 4.69) is 133 Å². The van der Waals surface area contributed by atoms with E-state index in [0.29, 0.717) is 11.2 Å². The van der Waals surface area contributed by atoms with Gasteiger partial charge >= 0.3 is 0 Å². The highest BCUT2D eigenvalue weighted by molar-refractivity contribution is 8.00. The predicted molar refractivity (Wildman–Crippen MR) is 166 cm³/mol. The topological polar surface area (TPSA) is 0 Å². The molecular formula is C36H24S2. The van der Waals surface area contributed by atoms with Gasteiger partial charge in [-0.1, -0.05) is 115 Å². The molecule has 38 heavy (non-hydrogen) atoms. The second kappa shape index (κ2) is 8.87. The monoisotopic (exact) mass is 520 g/mol. The molecule has 2 atom stereocenters. The zero-order valence-electron chi connectivity index (χ0n) is 20.7. The van der Waals surface area contributed by atoms with Crippen molar-refractivity contribution >= 4 is 43.3 Å². The maximum absolute atomic E-state index is 2.36. The summed E-state index contributed by atoms with van der Waals surface area (Å²) in [6, 6.07) is 40.4. The second-order valence-electron chi connectivity index (χ2n) is 10.0. The second-order valence-corrected chi connectivity index (χ2v) is 12.3. The molecule has 0 radical (unpaired) electrons. The van der Waals surface area contributed by atoms with E-state index in [1.165, 1.54) is 64.0 Å². The number of thiophene rings is 1. The first-order valence-electron chi connectivity index (χ1n) is 13.1. The molecular weight excluding hydrogens is 497 g/mol. The van der Waals surface area contributed by atoms with Gasteiger partial charge in [-0.2, -0.15) is 0 Å². The van der Waals surface area contributed by atoms with Gasteiger partial charge in [0.05, 0.1) is 0 Å². The predicted octanol–water partition coefficient (Wildman–Crippen LogP) is 10.7. The number of rotatable bonds is 3. The Morgan fingerprint density at radius 2 is 1.18 bits per heavy atom. The van der Waals surface area contributed by atoms with E-state index in [4.69, 9.17) is 0 Å². The lowest BCUT2D eigenvalue weighted by molar-refractivity contribution is 0.881. The minimum absolute atomic E-state index is 0.483. The van der Waals surface area contributed by atoms with E-state index in [-0.39, 0.29) is 0 Å². The zero-order valence-corrected chi connectivity index (χ0v) is 22.3. The molecule has 1 aromatic heterocycles. The summed E-state index contributed by atoms with van der Waals surface area (Å²) in [5.74, 6) is 0.483. The van der Waals surface area contributed by atoms with Crippen molar-refractivity contribution in [2.24, 2.45) is 0 Å². The fraction of sp³-hybridized carbons (Fsp3) is 0.0556. The minimum Gasteiger partial charge on any atom is -0.135 e. The van der Waals surface area contributed by atoms with Gasteiger partial charge in [0, 0.05) is 36.2 Å². The van der Waals surface area contributed by atoms with Crippen LogP contribution in [0.5, 0.6) is 0 Å². The number of fused-ring (bicyclic) bond motifs is 6. The first-order chi connectivity index (χ1) is 18.8. The summed E-state index contributed by atoms with van der Waals surface area (Å²) >= 11 is 3.90. The van der Waals surface area contributed by atoms with Gasteiger partial charge in [0.15, 0.2) is 0 Å². The van der Waals surface area contributed by atoms with Crippen LogP contribution in [-0.4, -0.2) is 5.25 Å². The molecule has 0 N–H and O–H groups in total. The van der Waals surface area contributed by atoms with Crippen molar-refractivity contribution in [2.75, 3.05) is 0 Å². The lowest BCUT2D eigenvalue weighted by Gasteiger charge is -2.14. The standard InChI is InChI=1S/C36H24S2/c1-3-19-33-29(13-1)31-17-7-15-27(35(31)37-33)25-11-5-9-23(21-25)24-10-6-12-26(22-24)28-16-8-18-32-30-14-2-4-20-34(30)38-36(28)32/h1-22,29,33H. The first-order valence-corrected chi connectivity index (χ1v) is 14.8. The Bertz CT molecular complexity index is 1920. The molecule has 1 aliphatic carbocycles. The molecule has 0 bridgehead atoms. The summed E-state index contributed by atoms with van der Waals surface area (Å²) in [5.41, 5.74) is 9.17. The first kappa shape index (κ1) is 22.2. The van der Waals surface area contributed by atoms with Crippen molar-refractivity contribution in [1.82, 2.24) is 0 Å². The molecule has 6 aromatic rings. The maximum atomic E-state index is 2.36. The highest BCUT2D eigenvalue weighted by atomic mass is 32.2. The molecule has 180 valence electrons. The van der Waals surface area contributed by atoms with E-state index < -0.39 is 0 Å². The average Bonchev–Trinajstić information content (AvgIpc) is 3.56. The van der Waals surface area contributed by atoms with Gasteiger partial charge in [0.25, 0.3) is 0 Å². The van der Waals surface area contributed by atoms with Crippen LogP contribution >= 0.6 is 23.1 Å². The third kappa shape index (κ3) is 3.52. The van der Waals surface area contributed by atoms with Crippen LogP contribution in [0.3, 0.4) is 0 Å². The van der Waals surface area contributed by atoms with Crippen LogP contribution in [0.4, 0.5) is 0 Å². The SMILES string of the molecule is C1=CC2Sc3c(-c4cccc(-c5cccc(-c6cccc7c6sc6ccccc67)c5)c4)cccc3C2C=C1. The third-order valence-electron chi connectivity index (χ3n) is 7.83. The average molecular weight is 521 g/mol. The van der Waals surface area contributed by atoms with E-state index in [0.717, 1.165) is 0 Å². The summed E-state index contributed by atoms with van der Waals surface area (Å²) in [7, 11) is 0. The van der Waals surface area contributed by atoms with Gasteiger partial charge in [-0.3, -0.25) is 0 Å². The maximum Gasteiger partial charge on any atom is 0.0433 e. The number of thioether (sulfide) groups is 1. The van der Waals surface area contributed by atoms with Gasteiger partial charge in [0.2, 0.25) is 0 Å². The van der Waals surface area contributed by atoms with Gasteiger partial charge in [-0.05, 0) is 57.1 Å². The highest BCUT2D eigenvalue weighted by Crippen LogP contribution is 2.51. The van der Waals surface area contributed by atoms with Crippen molar-refractivity contribution < 1.29 is 0 Å². The quantitative estimate of drug-likeness (QED) is 0.224. The number of allylic oxidation sites excluding steroid dienone is 3. The minimum atomic E-state index is 0.483. The van der Waals surface area contributed by atoms with Crippen molar-refractivity contribution in [3.05, 3.63) is 139 Å². The third-order valence-corrected chi connectivity index (χ3v) is 10.5. The fourth-order valence-electron chi connectivity index (χ4n) is 6.00. The van der Waals surface area contributed by atoms with Crippen LogP contribution in [-0.2, 0) is 0 Å². The van der Waals surface area contributed by atoms with Crippen molar-refractivity contribution in [2.45, 2.75) is 16.1 Å². The Labute approximate surface area is 231 Å². The molecule has 0 saturated carbocycles. The molecule has 0 amide bonds. The van der Waals surface area contributed by atoms with Crippen LogP contribution in [0.25, 0.3) is 53.6 Å². The smallest absolute Gasteiger partial charge is 0.0433 e. The van der Waals surface area contributed by atoms with E-state index in [1.807, 2.05) is 23.1 Å². The summed E-state index contributed by atoms with van der Waals surface area (Å²) in [6.07, 6.45) is 9.08. The molecule has 8 rings (SSSR count). The summed E-state index contributed by atoms with van der Waals surface area (Å²) in [5, 5.41) is 3.20. The van der Waals surface area contributed by atoms with Crippen LogP contribution in [0, 0.1) is 0 Å². The Morgan fingerprint density at radius 1 is 0.526 bits per heavy atom. The lowest BCUT2D eigenvalue weighted by Crippen LogP contribution is -2.06. The molecule has 2 heteroatoms. The molecule has 0 saturated heterocycles. The van der Waals surface area contributed by atoms with E-state index >= 15 is 0 Å². The zero-order chi connectivity index (χ0) is 25.1. The Morgan fingerprint density at radius 3 is 2.05 bits per heavy atom. The van der Waals surface area contributed by atoms with Gasteiger partial charge < -0.3 is 0 Å². The summed E-state index contributed by atoms with van der Waals surface area (Å²) in [4.78, 5) is 1.43. The van der Waals surface area contributed by atoms with Crippen LogP contribution in [0.15, 0.2) is 138 Å². The molecule has 2 heterocycles. The summed E-state index contributed by atoms with van der Waals surface area (Å²) in [6.45, 7) is 0. The Hall–Kier alpha value is -3.85. The van der Waals surface area contributed by atoms with Crippen LogP contribution < -0.4 is 0 Å². The summed E-state index contributed by atoms with van der Waals surface area (Å²) < 4.78 is 2.71. The highest BCUT2D eigenvalue weighted by Gasteiger charge is 2.32. The largest absolute Gasteiger partial charge is 0.135 e. The van der Waals surface area contributed by atoms with Crippen LogP contribution in [0.2, 0.25) is 0 Å². The van der Waals surface area contributed by atoms with Gasteiger partial charge in [-0.15, -0.1) is 23.1 Å². The molecule has 2 unspecified atom stereocenters. The van der Waals surface area contributed by atoms with Crippen molar-refractivity contribution in [3.8, 4) is 33.4 Å². The molecule has 0 nitrogen and oxygen atoms in total. The molecule has 0 spiro atoms. The molecule has 5 aromatic carbocycles. The molecule has 1 aliphatic heterocycles. The van der Waals surface area contributed by atoms with Gasteiger partial charge in [0.1, 0.15) is 0 Å². The van der Waals surface area contributed by atoms with Crippen LogP contribution in [0.1, 0.15) is 11.5 Å². The Balaban J connectivity index is 1.21. The van der Waals surface area contributed by atoms with Crippen molar-refractivity contribution in [1.29, 1.82) is 0 Å². The van der Waals surface area contributed by atoms with Gasteiger partial charge in [-0.25, -0.2) is 0 Å².